The van der Waals surface area contributed by atoms with Crippen molar-refractivity contribution >= 4 is 71.7 Å². The van der Waals surface area contributed by atoms with E-state index >= 15 is 0 Å². The Bertz CT molecular complexity index is 4840. The number of carbonyl (C=O) groups excluding carboxylic acids is 1. The molecule has 16 rings (SSSR count). The number of rotatable bonds is 4. The summed E-state index contributed by atoms with van der Waals surface area (Å²) in [6.07, 6.45) is 6.56. The normalized spacial score (nSPS) is 11.3. The number of hydrogen-bond donors (Lipinski definition) is 1. The Hall–Kier alpha value is -10.6. The van der Waals surface area contributed by atoms with Gasteiger partial charge in [0.2, 0.25) is 0 Å². The van der Waals surface area contributed by atoms with Crippen molar-refractivity contribution in [3.63, 3.8) is 0 Å². The summed E-state index contributed by atoms with van der Waals surface area (Å²) in [4.78, 5) is 67.4. The minimum absolute atomic E-state index is 0. The van der Waals surface area contributed by atoms with Crippen molar-refractivity contribution in [3.05, 3.63) is 254 Å². The molecule has 2 aliphatic heterocycles. The number of carbonyl (C=O) groups is 1. The van der Waals surface area contributed by atoms with Crippen LogP contribution >= 0.6 is 0 Å². The van der Waals surface area contributed by atoms with Crippen LogP contribution in [0.25, 0.3) is 145 Å². The quantitative estimate of drug-likeness (QED) is 0.0575. The first-order valence-electron chi connectivity index (χ1n) is 29.4. The van der Waals surface area contributed by atoms with Crippen LogP contribution in [0.3, 0.4) is 0 Å². The number of hydrogen-bond acceptors (Lipinski definition) is 12. The summed E-state index contributed by atoms with van der Waals surface area (Å²) in [6.45, 7) is 11.4. The third-order valence-corrected chi connectivity index (χ3v) is 15.3. The average Bonchev–Trinajstić information content (AvgIpc) is 1.27. The van der Waals surface area contributed by atoms with E-state index in [9.17, 15) is 4.79 Å². The molecule has 8 heterocycles. The molecule has 92 heavy (non-hydrogen) atoms. The molecule has 14 aromatic rings. The molecule has 8 bridgehead atoms. The molecule has 0 spiro atoms. The summed E-state index contributed by atoms with van der Waals surface area (Å²) in [5.41, 5.74) is 16.7. The third-order valence-electron chi connectivity index (χ3n) is 15.3. The van der Waals surface area contributed by atoms with Crippen LogP contribution in [0, 0.1) is 13.0 Å². The Morgan fingerprint density at radius 3 is 1.17 bits per heavy atom. The van der Waals surface area contributed by atoms with Gasteiger partial charge in [-0.2, -0.15) is 0 Å². The van der Waals surface area contributed by atoms with E-state index in [4.69, 9.17) is 45.0 Å². The zero-order valence-electron chi connectivity index (χ0n) is 50.8. The van der Waals surface area contributed by atoms with Crippen LogP contribution in [0.15, 0.2) is 237 Å². The Labute approximate surface area is 555 Å². The molecule has 6 aromatic heterocycles. The molecule has 16 heteroatoms. The maximum atomic E-state index is 10.0. The number of ketones is 1. The van der Waals surface area contributed by atoms with Gasteiger partial charge in [0.1, 0.15) is 6.33 Å². The van der Waals surface area contributed by atoms with E-state index < -0.39 is 0 Å². The number of allylic oxidation sites excluding steroid dienone is 2. The van der Waals surface area contributed by atoms with Gasteiger partial charge in [0.25, 0.3) is 0 Å². The second-order valence-electron chi connectivity index (χ2n) is 22.6. The van der Waals surface area contributed by atoms with Crippen LogP contribution in [0.1, 0.15) is 45.9 Å². The fraction of sp³-hybridized carbons (Fsp3) is 0.0921. The van der Waals surface area contributed by atoms with Gasteiger partial charge in [0.05, 0.1) is 40.1 Å². The molecule has 0 saturated carbocycles. The first-order chi connectivity index (χ1) is 43.8. The largest absolute Gasteiger partial charge is 0.512 e. The fourth-order valence-electron chi connectivity index (χ4n) is 11.3. The van der Waals surface area contributed by atoms with Crippen LogP contribution < -0.4 is 9.97 Å². The van der Waals surface area contributed by atoms with Gasteiger partial charge in [-0.1, -0.05) is 191 Å². The van der Waals surface area contributed by atoms with Crippen molar-refractivity contribution in [2.24, 2.45) is 0 Å². The fourth-order valence-corrected chi connectivity index (χ4v) is 11.3. The van der Waals surface area contributed by atoms with Crippen LogP contribution in [0.2, 0.25) is 0 Å². The van der Waals surface area contributed by atoms with Crippen molar-refractivity contribution in [1.82, 2.24) is 59.8 Å². The smallest absolute Gasteiger partial charge is 0.155 e. The van der Waals surface area contributed by atoms with E-state index in [0.717, 1.165) is 88.1 Å². The Kier molecular flexibility index (Phi) is 18.7. The monoisotopic (exact) mass is 1430 g/mol. The minimum Gasteiger partial charge on any atom is -0.512 e. The van der Waals surface area contributed by atoms with Crippen molar-refractivity contribution < 1.29 is 47.1 Å². The molecule has 2 aliphatic rings. The van der Waals surface area contributed by atoms with E-state index in [0.29, 0.717) is 45.9 Å². The van der Waals surface area contributed by atoms with Crippen LogP contribution in [0.4, 0.5) is 0 Å². The molecular formula is C76H57CuIrN12O2-3. The molecule has 0 aliphatic carbocycles. The van der Waals surface area contributed by atoms with Crippen molar-refractivity contribution in [3.8, 4) is 79.1 Å². The SMILES string of the molecule is CC(=O)C=C(C)O.Cc1c(-c2[c-]cccc2)ncnc1C(C)(C)C.[Cu].[Ir].c1ccc(-c2ccnc3c2ccc2c(-c4ccccc4)ccnc23)cc1.c1ccc2c(c1)-c1nc-2nc2[n-]c(nc3nc(nc4[n-]c(n1)c1ccccc41)-c1ccccc1-3)c1ccccc21. The summed E-state index contributed by atoms with van der Waals surface area (Å²) in [6, 6.07) is 72.3. The number of aliphatic hydroxyl groups excluding tert-OH is 1. The number of benzene rings is 8. The molecular weight excluding hydrogens is 1370 g/mol. The Morgan fingerprint density at radius 1 is 0.446 bits per heavy atom. The number of aliphatic hydroxyl groups is 1. The minimum atomic E-state index is -0.125. The van der Waals surface area contributed by atoms with E-state index in [-0.39, 0.29) is 54.1 Å². The van der Waals surface area contributed by atoms with E-state index in [2.05, 4.69) is 126 Å². The van der Waals surface area contributed by atoms with Gasteiger partial charge in [-0.15, -0.1) is 35.9 Å². The molecule has 2 radical (unpaired) electrons. The Balaban J connectivity index is 0.000000143. The number of fused-ring (bicyclic) bond motifs is 23. The summed E-state index contributed by atoms with van der Waals surface area (Å²) in [7, 11) is 0. The van der Waals surface area contributed by atoms with Gasteiger partial charge < -0.3 is 35.0 Å². The molecule has 14 nitrogen and oxygen atoms in total. The third kappa shape index (κ3) is 12.9. The summed E-state index contributed by atoms with van der Waals surface area (Å²) in [5.74, 6) is 2.15. The predicted molar refractivity (Wildman–Crippen MR) is 359 cm³/mol. The zero-order chi connectivity index (χ0) is 61.9. The van der Waals surface area contributed by atoms with Gasteiger partial charge in [-0.25, -0.2) is 15.0 Å². The topological polar surface area (TPSA) is 194 Å². The molecule has 0 unspecified atom stereocenters. The summed E-state index contributed by atoms with van der Waals surface area (Å²) >= 11 is 0. The maximum Gasteiger partial charge on any atom is 0.155 e. The van der Waals surface area contributed by atoms with E-state index in [1.54, 1.807) is 6.33 Å². The molecule has 8 aromatic carbocycles. The van der Waals surface area contributed by atoms with Gasteiger partial charge in [-0.3, -0.25) is 19.7 Å². The van der Waals surface area contributed by atoms with Gasteiger partial charge in [0, 0.05) is 122 Å². The second kappa shape index (κ2) is 27.2. The Morgan fingerprint density at radius 2 is 0.826 bits per heavy atom. The van der Waals surface area contributed by atoms with Crippen LogP contribution in [-0.4, -0.2) is 60.7 Å². The average molecular weight is 1430 g/mol. The first-order valence-corrected chi connectivity index (χ1v) is 29.4. The van der Waals surface area contributed by atoms with Crippen LogP contribution in [-0.2, 0) is 47.4 Å². The molecule has 0 atom stereocenters. The number of pyridine rings is 2. The van der Waals surface area contributed by atoms with E-state index in [1.165, 1.54) is 42.2 Å². The second-order valence-corrected chi connectivity index (χ2v) is 22.6. The number of aromatic nitrogens is 12. The summed E-state index contributed by atoms with van der Waals surface area (Å²) in [5, 5.41) is 14.2. The van der Waals surface area contributed by atoms with E-state index in [1.807, 2.05) is 146 Å². The van der Waals surface area contributed by atoms with Crippen molar-refractivity contribution in [2.45, 2.75) is 47.0 Å². The maximum absolute atomic E-state index is 10.0. The molecule has 456 valence electrons. The first kappa shape index (κ1) is 63.0. The van der Waals surface area contributed by atoms with Gasteiger partial charge >= 0.3 is 0 Å². The molecule has 0 fully saturated rings. The standard InChI is InChI=1S/C32H16N8.C24H16N2.C15H17N2.C5H8O2.Cu.Ir/c1-2-10-18-17(9-1)25-33-26(18)38-28-21-13-5-6-14-22(21)30(35-28)40-32-24-16-8-7-15-23(24)31(36-32)39-29-20-12-4-3-11-19(20)27(34-29)37-25;1-3-7-17(8-4-1)19-13-15-25-23-21(19)11-12-22-20(14-16-26-24(22)23)18-9-5-2-6-10-18;1-11-13(12-8-6-5-7-9-12)16-10-17-14(11)15(2,3)4;1-4(6)3-5(2)7;;/h1-16H;1-16H;5-8,10H,1-4H3;3,6H,1-2H3;;/q-2;;-1;;;. The molecule has 0 saturated heterocycles. The molecule has 1 N–H and O–H groups in total. The van der Waals surface area contributed by atoms with Crippen LogP contribution in [0.5, 0.6) is 0 Å². The van der Waals surface area contributed by atoms with Gasteiger partial charge in [-0.05, 0) is 88.0 Å². The zero-order valence-corrected chi connectivity index (χ0v) is 54.1. The summed E-state index contributed by atoms with van der Waals surface area (Å²) < 4.78 is 0. The van der Waals surface area contributed by atoms with Crippen molar-refractivity contribution in [2.75, 3.05) is 0 Å². The predicted octanol–water partition coefficient (Wildman–Crippen LogP) is 16.8. The van der Waals surface area contributed by atoms with Crippen molar-refractivity contribution in [1.29, 1.82) is 0 Å². The molecule has 0 amide bonds. The van der Waals surface area contributed by atoms with Gasteiger partial charge in [0.15, 0.2) is 5.78 Å². The number of nitrogens with zero attached hydrogens (tertiary/aromatic N) is 12.